The van der Waals surface area contributed by atoms with Crippen LogP contribution in [0.4, 0.5) is 5.69 Å². The van der Waals surface area contributed by atoms with Crippen LogP contribution in [0.3, 0.4) is 0 Å². The van der Waals surface area contributed by atoms with Crippen molar-refractivity contribution in [1.29, 1.82) is 0 Å². The zero-order valence-corrected chi connectivity index (χ0v) is 9.84. The van der Waals surface area contributed by atoms with Gasteiger partial charge in [0.2, 0.25) is 0 Å². The molecule has 0 fully saturated rings. The Kier molecular flexibility index (Phi) is 4.16. The minimum Gasteiger partial charge on any atom is -0.385 e. The van der Waals surface area contributed by atoms with Gasteiger partial charge in [0.1, 0.15) is 0 Å². The number of nitrogens with zero attached hydrogens (tertiary/aromatic N) is 2. The third-order valence-corrected chi connectivity index (χ3v) is 2.54. The van der Waals surface area contributed by atoms with Crippen molar-refractivity contribution < 1.29 is 0 Å². The molecule has 0 radical (unpaired) electrons. The van der Waals surface area contributed by atoms with Crippen LogP contribution in [0.15, 0.2) is 42.7 Å². The molecule has 0 aliphatic carbocycles. The van der Waals surface area contributed by atoms with Crippen molar-refractivity contribution in [2.75, 3.05) is 18.4 Å². The summed E-state index contributed by atoms with van der Waals surface area (Å²) in [4.78, 5) is 0. The van der Waals surface area contributed by atoms with Crippen LogP contribution in [-0.2, 0) is 6.54 Å². The normalized spacial score (nSPS) is 10.4. The van der Waals surface area contributed by atoms with E-state index in [2.05, 4.69) is 34.7 Å². The Balaban J connectivity index is 1.96. The number of hydrogen-bond donors (Lipinski definition) is 2. The van der Waals surface area contributed by atoms with E-state index < -0.39 is 0 Å². The number of nitrogens with one attached hydrogen (secondary N) is 1. The van der Waals surface area contributed by atoms with Gasteiger partial charge in [0.05, 0.1) is 6.54 Å². The topological polar surface area (TPSA) is 55.9 Å². The van der Waals surface area contributed by atoms with Gasteiger partial charge >= 0.3 is 0 Å². The van der Waals surface area contributed by atoms with E-state index in [9.17, 15) is 0 Å². The van der Waals surface area contributed by atoms with E-state index >= 15 is 0 Å². The Bertz CT molecular complexity index is 436. The highest BCUT2D eigenvalue weighted by Crippen LogP contribution is 2.11. The third-order valence-electron chi connectivity index (χ3n) is 2.54. The molecule has 1 aromatic carbocycles. The average molecular weight is 230 g/mol. The fourth-order valence-corrected chi connectivity index (χ4v) is 1.70. The molecule has 0 spiro atoms. The average Bonchev–Trinajstić information content (AvgIpc) is 2.83. The summed E-state index contributed by atoms with van der Waals surface area (Å²) in [6.45, 7) is 2.45. The van der Waals surface area contributed by atoms with Crippen LogP contribution in [0.2, 0.25) is 0 Å². The monoisotopic (exact) mass is 230 g/mol. The molecule has 4 nitrogen and oxygen atoms in total. The van der Waals surface area contributed by atoms with Crippen molar-refractivity contribution in [3.05, 3.63) is 48.3 Å². The summed E-state index contributed by atoms with van der Waals surface area (Å²) in [5.41, 5.74) is 7.85. The number of aromatic nitrogens is 2. The second-order valence-electron chi connectivity index (χ2n) is 3.97. The molecule has 2 rings (SSSR count). The molecule has 0 aliphatic rings. The smallest absolute Gasteiger partial charge is 0.0660 e. The summed E-state index contributed by atoms with van der Waals surface area (Å²) in [6.07, 6.45) is 4.75. The van der Waals surface area contributed by atoms with Gasteiger partial charge in [-0.25, -0.2) is 0 Å². The minimum absolute atomic E-state index is 0.722. The van der Waals surface area contributed by atoms with Gasteiger partial charge in [-0.15, -0.1) is 0 Å². The lowest BCUT2D eigenvalue weighted by atomic mass is 10.2. The fraction of sp³-hybridized carbons (Fsp3) is 0.308. The highest BCUT2D eigenvalue weighted by atomic mass is 15.3. The lowest BCUT2D eigenvalue weighted by Gasteiger charge is -2.08. The number of nitrogens with two attached hydrogens (primary N) is 1. The van der Waals surface area contributed by atoms with Gasteiger partial charge in [-0.05, 0) is 36.7 Å². The first-order chi connectivity index (χ1) is 8.38. The maximum Gasteiger partial charge on any atom is 0.0660 e. The van der Waals surface area contributed by atoms with Gasteiger partial charge < -0.3 is 11.1 Å². The van der Waals surface area contributed by atoms with Gasteiger partial charge in [-0.1, -0.05) is 12.1 Å². The highest BCUT2D eigenvalue weighted by Gasteiger charge is 1.97. The molecule has 0 amide bonds. The zero-order valence-electron chi connectivity index (χ0n) is 9.84. The molecule has 0 aliphatic heterocycles. The van der Waals surface area contributed by atoms with Crippen LogP contribution in [0, 0.1) is 0 Å². The van der Waals surface area contributed by atoms with E-state index in [4.69, 9.17) is 5.73 Å². The van der Waals surface area contributed by atoms with Crippen LogP contribution in [0.1, 0.15) is 12.0 Å². The summed E-state index contributed by atoms with van der Waals surface area (Å²) in [6, 6.07) is 10.3. The molecular formula is C13H18N4. The summed E-state index contributed by atoms with van der Waals surface area (Å²) >= 11 is 0. The minimum atomic E-state index is 0.722. The lowest BCUT2D eigenvalue weighted by molar-refractivity contribution is 0.687. The molecule has 0 atom stereocenters. The highest BCUT2D eigenvalue weighted by molar-refractivity contribution is 5.45. The Morgan fingerprint density at radius 2 is 2.24 bits per heavy atom. The van der Waals surface area contributed by atoms with Gasteiger partial charge in [-0.2, -0.15) is 5.10 Å². The van der Waals surface area contributed by atoms with Crippen molar-refractivity contribution in [2.24, 2.45) is 5.73 Å². The maximum absolute atomic E-state index is 5.46. The molecule has 0 unspecified atom stereocenters. The molecular weight excluding hydrogens is 212 g/mol. The SMILES string of the molecule is NCCCNc1cccc(Cn2cccn2)c1. The Morgan fingerprint density at radius 1 is 1.29 bits per heavy atom. The van der Waals surface area contributed by atoms with Gasteiger partial charge in [0.15, 0.2) is 0 Å². The molecule has 1 aromatic heterocycles. The number of anilines is 1. The second kappa shape index (κ2) is 6.06. The Morgan fingerprint density at radius 3 is 3.00 bits per heavy atom. The van der Waals surface area contributed by atoms with Crippen LogP contribution in [-0.4, -0.2) is 22.9 Å². The number of hydrogen-bond acceptors (Lipinski definition) is 3. The molecule has 0 saturated heterocycles. The Hall–Kier alpha value is -1.81. The van der Waals surface area contributed by atoms with Crippen LogP contribution in [0.25, 0.3) is 0 Å². The van der Waals surface area contributed by atoms with Crippen molar-refractivity contribution in [3.8, 4) is 0 Å². The van der Waals surface area contributed by atoms with E-state index in [1.165, 1.54) is 5.56 Å². The maximum atomic E-state index is 5.46. The molecule has 2 aromatic rings. The van der Waals surface area contributed by atoms with Crippen LogP contribution >= 0.6 is 0 Å². The number of rotatable bonds is 6. The van der Waals surface area contributed by atoms with Crippen molar-refractivity contribution in [3.63, 3.8) is 0 Å². The Labute approximate surface area is 101 Å². The standard InChI is InChI=1S/C13H18N4/c14-6-2-7-15-13-5-1-4-12(10-13)11-17-9-3-8-16-17/h1,3-5,8-10,15H,2,6-7,11,14H2. The van der Waals surface area contributed by atoms with E-state index in [0.717, 1.165) is 31.7 Å². The quantitative estimate of drug-likeness (QED) is 0.742. The van der Waals surface area contributed by atoms with Crippen molar-refractivity contribution in [1.82, 2.24) is 9.78 Å². The van der Waals surface area contributed by atoms with Crippen molar-refractivity contribution >= 4 is 5.69 Å². The summed E-state index contributed by atoms with van der Waals surface area (Å²) in [7, 11) is 0. The molecule has 4 heteroatoms. The van der Waals surface area contributed by atoms with E-state index in [1.807, 2.05) is 16.9 Å². The molecule has 0 saturated carbocycles. The molecule has 90 valence electrons. The lowest BCUT2D eigenvalue weighted by Crippen LogP contribution is -2.08. The molecule has 1 heterocycles. The first-order valence-electron chi connectivity index (χ1n) is 5.89. The van der Waals surface area contributed by atoms with Gasteiger partial charge in [0, 0.05) is 24.6 Å². The summed E-state index contributed by atoms with van der Waals surface area (Å²) in [5.74, 6) is 0. The van der Waals surface area contributed by atoms with Gasteiger partial charge in [-0.3, -0.25) is 4.68 Å². The van der Waals surface area contributed by atoms with E-state index in [0.29, 0.717) is 0 Å². The number of benzene rings is 1. The largest absolute Gasteiger partial charge is 0.385 e. The van der Waals surface area contributed by atoms with Crippen LogP contribution in [0.5, 0.6) is 0 Å². The van der Waals surface area contributed by atoms with E-state index in [1.54, 1.807) is 6.20 Å². The fourth-order valence-electron chi connectivity index (χ4n) is 1.70. The van der Waals surface area contributed by atoms with Crippen molar-refractivity contribution in [2.45, 2.75) is 13.0 Å². The third kappa shape index (κ3) is 3.60. The second-order valence-corrected chi connectivity index (χ2v) is 3.97. The summed E-state index contributed by atoms with van der Waals surface area (Å²) in [5, 5.41) is 7.55. The first kappa shape index (κ1) is 11.7. The predicted molar refractivity (Wildman–Crippen MR) is 69.9 cm³/mol. The molecule has 0 bridgehead atoms. The van der Waals surface area contributed by atoms with E-state index in [-0.39, 0.29) is 0 Å². The van der Waals surface area contributed by atoms with Crippen LogP contribution < -0.4 is 11.1 Å². The zero-order chi connectivity index (χ0) is 11.9. The summed E-state index contributed by atoms with van der Waals surface area (Å²) < 4.78 is 1.92. The van der Waals surface area contributed by atoms with Gasteiger partial charge in [0.25, 0.3) is 0 Å². The predicted octanol–water partition coefficient (Wildman–Crippen LogP) is 1.69. The molecule has 17 heavy (non-hydrogen) atoms. The molecule has 3 N–H and O–H groups in total. The first-order valence-corrected chi connectivity index (χ1v) is 5.89.